The molecule has 1 aromatic rings. The quantitative estimate of drug-likeness (QED) is 0.830. The van der Waals surface area contributed by atoms with E-state index in [0.29, 0.717) is 6.04 Å². The highest BCUT2D eigenvalue weighted by Gasteiger charge is 2.15. The molecule has 1 aliphatic rings. The van der Waals surface area contributed by atoms with E-state index in [-0.39, 0.29) is 18.2 Å². The van der Waals surface area contributed by atoms with E-state index in [1.807, 2.05) is 6.07 Å². The van der Waals surface area contributed by atoms with Gasteiger partial charge in [-0.2, -0.15) is 0 Å². The van der Waals surface area contributed by atoms with Crippen molar-refractivity contribution in [3.8, 4) is 0 Å². The molecule has 1 aromatic carbocycles. The predicted octanol–water partition coefficient (Wildman–Crippen LogP) is 3.82. The third-order valence-corrected chi connectivity index (χ3v) is 3.06. The fourth-order valence-corrected chi connectivity index (χ4v) is 2.40. The lowest BCUT2D eigenvalue weighted by Gasteiger charge is -2.24. The van der Waals surface area contributed by atoms with Crippen molar-refractivity contribution < 1.29 is 4.39 Å². The smallest absolute Gasteiger partial charge is 0.124 e. The normalized spacial score (nSPS) is 20.8. The molecule has 1 atom stereocenters. The lowest BCUT2D eigenvalue weighted by molar-refractivity contribution is 0.411. The number of nitrogens with one attached hydrogen (secondary N) is 1. The standard InChI is InChI=1S/C11H13BrFN.ClH/c12-9-5-8(6-10(13)7-9)11-3-1-2-4-14-11;/h5-7,11,14H,1-4H2;1H/t11-;/m0./s1. The maximum Gasteiger partial charge on any atom is 0.124 e. The maximum atomic E-state index is 13.1. The summed E-state index contributed by atoms with van der Waals surface area (Å²) in [5.41, 5.74) is 1.05. The second-order valence-electron chi connectivity index (χ2n) is 3.71. The summed E-state index contributed by atoms with van der Waals surface area (Å²) in [4.78, 5) is 0. The number of rotatable bonds is 1. The first kappa shape index (κ1) is 12.9. The number of piperidine rings is 1. The summed E-state index contributed by atoms with van der Waals surface area (Å²) < 4.78 is 13.9. The van der Waals surface area contributed by atoms with Crippen LogP contribution in [0.25, 0.3) is 0 Å². The van der Waals surface area contributed by atoms with Gasteiger partial charge in [0.25, 0.3) is 0 Å². The minimum atomic E-state index is -0.165. The second-order valence-corrected chi connectivity index (χ2v) is 4.62. The molecule has 1 fully saturated rings. The van der Waals surface area contributed by atoms with Gasteiger partial charge in [-0.1, -0.05) is 22.4 Å². The highest BCUT2D eigenvalue weighted by Crippen LogP contribution is 2.26. The van der Waals surface area contributed by atoms with Crippen LogP contribution in [0.3, 0.4) is 0 Å². The minimum absolute atomic E-state index is 0. The van der Waals surface area contributed by atoms with Crippen LogP contribution < -0.4 is 5.32 Å². The highest BCUT2D eigenvalue weighted by atomic mass is 79.9. The molecule has 0 aromatic heterocycles. The Kier molecular flexibility index (Phi) is 5.03. The summed E-state index contributed by atoms with van der Waals surface area (Å²) in [6, 6.07) is 5.43. The van der Waals surface area contributed by atoms with Crippen molar-refractivity contribution in [3.63, 3.8) is 0 Å². The molecule has 4 heteroatoms. The molecule has 1 heterocycles. The summed E-state index contributed by atoms with van der Waals surface area (Å²) in [6.07, 6.45) is 3.56. The SMILES string of the molecule is Cl.Fc1cc(Br)cc([C@@H]2CCCCN2)c1. The predicted molar refractivity (Wildman–Crippen MR) is 65.9 cm³/mol. The van der Waals surface area contributed by atoms with Gasteiger partial charge in [0, 0.05) is 10.5 Å². The van der Waals surface area contributed by atoms with E-state index in [2.05, 4.69) is 21.2 Å². The summed E-state index contributed by atoms with van der Waals surface area (Å²) in [5.74, 6) is -0.165. The van der Waals surface area contributed by atoms with Gasteiger partial charge in [-0.15, -0.1) is 12.4 Å². The summed E-state index contributed by atoms with van der Waals surface area (Å²) in [5, 5.41) is 3.40. The zero-order valence-electron chi connectivity index (χ0n) is 8.30. The van der Waals surface area contributed by atoms with Crippen molar-refractivity contribution in [3.05, 3.63) is 34.1 Å². The van der Waals surface area contributed by atoms with Crippen LogP contribution in [0.2, 0.25) is 0 Å². The van der Waals surface area contributed by atoms with Crippen molar-refractivity contribution in [2.24, 2.45) is 0 Å². The van der Waals surface area contributed by atoms with Crippen LogP contribution in [-0.2, 0) is 0 Å². The lowest BCUT2D eigenvalue weighted by Crippen LogP contribution is -2.26. The monoisotopic (exact) mass is 293 g/mol. The van der Waals surface area contributed by atoms with Crippen molar-refractivity contribution in [2.75, 3.05) is 6.54 Å². The Morgan fingerprint density at radius 3 is 2.67 bits per heavy atom. The van der Waals surface area contributed by atoms with Crippen LogP contribution >= 0.6 is 28.3 Å². The molecule has 2 rings (SSSR count). The third kappa shape index (κ3) is 3.44. The average Bonchev–Trinajstić information content (AvgIpc) is 2.18. The molecule has 1 nitrogen and oxygen atoms in total. The summed E-state index contributed by atoms with van der Waals surface area (Å²) in [6.45, 7) is 1.04. The fraction of sp³-hybridized carbons (Fsp3) is 0.455. The van der Waals surface area contributed by atoms with Gasteiger partial charge in [0.1, 0.15) is 5.82 Å². The van der Waals surface area contributed by atoms with Crippen LogP contribution in [0.15, 0.2) is 22.7 Å². The van der Waals surface area contributed by atoms with Crippen molar-refractivity contribution in [1.29, 1.82) is 0 Å². The molecule has 1 N–H and O–H groups in total. The van der Waals surface area contributed by atoms with Gasteiger partial charge in [0.05, 0.1) is 0 Å². The molecule has 0 radical (unpaired) electrons. The first-order valence-electron chi connectivity index (χ1n) is 4.95. The van der Waals surface area contributed by atoms with Crippen molar-refractivity contribution in [1.82, 2.24) is 5.32 Å². The first-order chi connectivity index (χ1) is 6.75. The Morgan fingerprint density at radius 2 is 2.07 bits per heavy atom. The topological polar surface area (TPSA) is 12.0 Å². The van der Waals surface area contributed by atoms with E-state index in [1.165, 1.54) is 18.9 Å². The highest BCUT2D eigenvalue weighted by molar-refractivity contribution is 9.10. The van der Waals surface area contributed by atoms with Gasteiger partial charge in [-0.05, 0) is 43.1 Å². The van der Waals surface area contributed by atoms with Crippen molar-refractivity contribution in [2.45, 2.75) is 25.3 Å². The van der Waals surface area contributed by atoms with Crippen LogP contribution in [0.4, 0.5) is 4.39 Å². The molecule has 1 saturated heterocycles. The minimum Gasteiger partial charge on any atom is -0.310 e. The average molecular weight is 295 g/mol. The molecule has 0 aliphatic carbocycles. The molecule has 1 aliphatic heterocycles. The van der Waals surface area contributed by atoms with E-state index >= 15 is 0 Å². The molecule has 0 bridgehead atoms. The van der Waals surface area contributed by atoms with Gasteiger partial charge >= 0.3 is 0 Å². The van der Waals surface area contributed by atoms with Gasteiger partial charge in [0.15, 0.2) is 0 Å². The largest absolute Gasteiger partial charge is 0.310 e. The van der Waals surface area contributed by atoms with Crippen LogP contribution in [0.5, 0.6) is 0 Å². The van der Waals surface area contributed by atoms with Crippen LogP contribution in [0.1, 0.15) is 30.9 Å². The van der Waals surface area contributed by atoms with E-state index in [9.17, 15) is 4.39 Å². The molecule has 0 saturated carbocycles. The van der Waals surface area contributed by atoms with Gasteiger partial charge in [0.2, 0.25) is 0 Å². The zero-order valence-corrected chi connectivity index (χ0v) is 10.7. The molecular weight excluding hydrogens is 280 g/mol. The first-order valence-corrected chi connectivity index (χ1v) is 5.74. The Balaban J connectivity index is 0.00000112. The van der Waals surface area contributed by atoms with Crippen LogP contribution in [-0.4, -0.2) is 6.54 Å². The molecule has 0 unspecified atom stereocenters. The maximum absolute atomic E-state index is 13.1. The number of hydrogen-bond acceptors (Lipinski definition) is 1. The Bertz CT molecular complexity index is 306. The molecule has 0 amide bonds. The number of hydrogen-bond donors (Lipinski definition) is 1. The zero-order chi connectivity index (χ0) is 9.97. The molecule has 0 spiro atoms. The fourth-order valence-electron chi connectivity index (χ4n) is 1.91. The van der Waals surface area contributed by atoms with Crippen molar-refractivity contribution >= 4 is 28.3 Å². The van der Waals surface area contributed by atoms with E-state index in [0.717, 1.165) is 23.0 Å². The molecular formula is C11H14BrClFN. The summed E-state index contributed by atoms with van der Waals surface area (Å²) in [7, 11) is 0. The number of halogens is 3. The number of benzene rings is 1. The van der Waals surface area contributed by atoms with E-state index in [1.54, 1.807) is 6.07 Å². The van der Waals surface area contributed by atoms with E-state index in [4.69, 9.17) is 0 Å². The Hall–Kier alpha value is -0.120. The van der Waals surface area contributed by atoms with Gasteiger partial charge in [-0.3, -0.25) is 0 Å². The Morgan fingerprint density at radius 1 is 1.27 bits per heavy atom. The third-order valence-electron chi connectivity index (χ3n) is 2.60. The van der Waals surface area contributed by atoms with Gasteiger partial charge < -0.3 is 5.32 Å². The van der Waals surface area contributed by atoms with Crippen LogP contribution in [0, 0.1) is 5.82 Å². The lowest BCUT2D eigenvalue weighted by atomic mass is 9.98. The second kappa shape index (κ2) is 5.83. The molecule has 84 valence electrons. The van der Waals surface area contributed by atoms with E-state index < -0.39 is 0 Å². The summed E-state index contributed by atoms with van der Waals surface area (Å²) >= 11 is 3.31. The van der Waals surface area contributed by atoms with Gasteiger partial charge in [-0.25, -0.2) is 4.39 Å². The molecule has 15 heavy (non-hydrogen) atoms. The Labute approximate surface area is 104 Å².